The summed E-state index contributed by atoms with van der Waals surface area (Å²) < 4.78 is 1.72. The smallest absolute Gasteiger partial charge is 0.222 e. The Morgan fingerprint density at radius 1 is 1.10 bits per heavy atom. The molecular formula is C25H25N3O2S. The number of aromatic nitrogens is 2. The van der Waals surface area contributed by atoms with E-state index >= 15 is 0 Å². The molecular weight excluding hydrogens is 406 g/mol. The molecule has 5 nitrogen and oxygen atoms in total. The Morgan fingerprint density at radius 3 is 2.65 bits per heavy atom. The van der Waals surface area contributed by atoms with Crippen LogP contribution in [0.25, 0.3) is 10.9 Å². The minimum absolute atomic E-state index is 0.0550. The van der Waals surface area contributed by atoms with Crippen molar-refractivity contribution >= 4 is 28.1 Å². The van der Waals surface area contributed by atoms with E-state index < -0.39 is 0 Å². The van der Waals surface area contributed by atoms with Gasteiger partial charge in [-0.1, -0.05) is 55.8 Å². The summed E-state index contributed by atoms with van der Waals surface area (Å²) >= 11 is 1.63. The Hall–Kier alpha value is -3.25. The molecule has 0 bridgehead atoms. The van der Waals surface area contributed by atoms with Gasteiger partial charge in [-0.3, -0.25) is 14.3 Å². The zero-order valence-electron chi connectivity index (χ0n) is 17.5. The summed E-state index contributed by atoms with van der Waals surface area (Å²) in [6.45, 7) is 2.57. The van der Waals surface area contributed by atoms with Gasteiger partial charge in [0.2, 0.25) is 11.3 Å². The summed E-state index contributed by atoms with van der Waals surface area (Å²) in [4.78, 5) is 26.0. The van der Waals surface area contributed by atoms with E-state index in [-0.39, 0.29) is 23.8 Å². The van der Waals surface area contributed by atoms with Crippen LogP contribution in [0.15, 0.2) is 77.0 Å². The maximum atomic E-state index is 12.9. The first-order chi connectivity index (χ1) is 15.2. The van der Waals surface area contributed by atoms with E-state index in [2.05, 4.69) is 41.6 Å². The lowest BCUT2D eigenvalue weighted by atomic mass is 10.0. The number of hydrogen-bond acceptors (Lipinski definition) is 4. The fourth-order valence-electron chi connectivity index (χ4n) is 3.72. The topological polar surface area (TPSA) is 64.0 Å². The van der Waals surface area contributed by atoms with Crippen molar-refractivity contribution in [3.05, 3.63) is 98.5 Å². The molecule has 158 valence electrons. The minimum atomic E-state index is -0.179. The molecule has 0 spiro atoms. The van der Waals surface area contributed by atoms with Crippen molar-refractivity contribution in [2.45, 2.75) is 38.8 Å². The van der Waals surface area contributed by atoms with Gasteiger partial charge in [0.05, 0.1) is 24.3 Å². The van der Waals surface area contributed by atoms with Gasteiger partial charge in [-0.15, -0.1) is 11.3 Å². The van der Waals surface area contributed by atoms with Crippen molar-refractivity contribution < 1.29 is 4.79 Å². The maximum Gasteiger partial charge on any atom is 0.222 e. The molecule has 1 amide bonds. The number of nitrogens with one attached hydrogen (secondary N) is 1. The van der Waals surface area contributed by atoms with Crippen molar-refractivity contribution in [2.75, 3.05) is 0 Å². The molecule has 0 saturated heterocycles. The lowest BCUT2D eigenvalue weighted by molar-refractivity contribution is -0.121. The van der Waals surface area contributed by atoms with Crippen LogP contribution in [0.2, 0.25) is 0 Å². The van der Waals surface area contributed by atoms with Gasteiger partial charge in [0.15, 0.2) is 0 Å². The molecule has 2 aromatic heterocycles. The number of rotatable bonds is 8. The number of benzene rings is 2. The molecule has 1 atom stereocenters. The SMILES string of the molecule is CCCc1ccc([C@H](NC(=O)CCn2ncc(=O)c3ccccc32)c2cccs2)cc1. The monoisotopic (exact) mass is 431 g/mol. The third kappa shape index (κ3) is 4.91. The van der Waals surface area contributed by atoms with Crippen molar-refractivity contribution in [3.8, 4) is 0 Å². The van der Waals surface area contributed by atoms with E-state index in [1.54, 1.807) is 22.1 Å². The first kappa shape index (κ1) is 21.0. The standard InChI is InChI=1S/C25H25N3O2S/c1-2-6-18-10-12-19(13-11-18)25(23-9-5-16-31-23)27-24(30)14-15-28-21-8-4-3-7-20(21)22(29)17-26-28/h3-5,7-13,16-17,25H,2,6,14-15H2,1H3,(H,27,30)/t25-/m0/s1. The van der Waals surface area contributed by atoms with E-state index in [0.29, 0.717) is 11.9 Å². The molecule has 0 aliphatic carbocycles. The summed E-state index contributed by atoms with van der Waals surface area (Å²) in [5.41, 5.74) is 3.01. The van der Waals surface area contributed by atoms with Crippen LogP contribution in [-0.2, 0) is 17.8 Å². The van der Waals surface area contributed by atoms with Crippen LogP contribution in [-0.4, -0.2) is 15.7 Å². The number of fused-ring (bicyclic) bond motifs is 1. The van der Waals surface area contributed by atoms with Crippen LogP contribution in [0.4, 0.5) is 0 Å². The first-order valence-electron chi connectivity index (χ1n) is 10.5. The van der Waals surface area contributed by atoms with Crippen LogP contribution in [0.3, 0.4) is 0 Å². The van der Waals surface area contributed by atoms with E-state index in [1.807, 2.05) is 35.7 Å². The quantitative estimate of drug-likeness (QED) is 0.440. The van der Waals surface area contributed by atoms with Gasteiger partial charge in [-0.2, -0.15) is 5.10 Å². The number of hydrogen-bond donors (Lipinski definition) is 1. The molecule has 31 heavy (non-hydrogen) atoms. The number of amides is 1. The predicted molar refractivity (Wildman–Crippen MR) is 125 cm³/mol. The van der Waals surface area contributed by atoms with Crippen molar-refractivity contribution in [2.24, 2.45) is 0 Å². The van der Waals surface area contributed by atoms with Crippen LogP contribution in [0.1, 0.15) is 41.8 Å². The van der Waals surface area contributed by atoms with Crippen LogP contribution < -0.4 is 10.7 Å². The molecule has 1 N–H and O–H groups in total. The third-order valence-electron chi connectivity index (χ3n) is 5.30. The molecule has 2 aromatic carbocycles. The highest BCUT2D eigenvalue weighted by molar-refractivity contribution is 7.10. The van der Waals surface area contributed by atoms with Gasteiger partial charge in [-0.25, -0.2) is 0 Å². The number of carbonyl (C=O) groups excluding carboxylic acids is 1. The predicted octanol–water partition coefficient (Wildman–Crippen LogP) is 4.71. The lowest BCUT2D eigenvalue weighted by Crippen LogP contribution is -2.30. The Balaban J connectivity index is 1.50. The van der Waals surface area contributed by atoms with Gasteiger partial charge in [0.1, 0.15) is 0 Å². The average Bonchev–Trinajstić information content (AvgIpc) is 3.33. The van der Waals surface area contributed by atoms with E-state index in [4.69, 9.17) is 0 Å². The lowest BCUT2D eigenvalue weighted by Gasteiger charge is -2.19. The molecule has 4 rings (SSSR count). The van der Waals surface area contributed by atoms with Gasteiger partial charge in [0, 0.05) is 16.7 Å². The Labute approximate surface area is 185 Å². The largest absolute Gasteiger partial charge is 0.344 e. The van der Waals surface area contributed by atoms with Gasteiger partial charge < -0.3 is 5.32 Å². The highest BCUT2D eigenvalue weighted by Crippen LogP contribution is 2.26. The number of aryl methyl sites for hydroxylation is 2. The van der Waals surface area contributed by atoms with Crippen LogP contribution in [0, 0.1) is 0 Å². The van der Waals surface area contributed by atoms with Crippen LogP contribution in [0.5, 0.6) is 0 Å². The zero-order valence-corrected chi connectivity index (χ0v) is 18.3. The number of carbonyl (C=O) groups is 1. The highest BCUT2D eigenvalue weighted by Gasteiger charge is 2.18. The van der Waals surface area contributed by atoms with Gasteiger partial charge in [-0.05, 0) is 41.1 Å². The van der Waals surface area contributed by atoms with Gasteiger partial charge >= 0.3 is 0 Å². The first-order valence-corrected chi connectivity index (χ1v) is 11.4. The van der Waals surface area contributed by atoms with Crippen molar-refractivity contribution in [1.82, 2.24) is 15.1 Å². The fraction of sp³-hybridized carbons (Fsp3) is 0.240. The molecule has 6 heteroatoms. The molecule has 0 aliphatic heterocycles. The number of nitrogens with zero attached hydrogens (tertiary/aromatic N) is 2. The Morgan fingerprint density at radius 2 is 1.90 bits per heavy atom. The summed E-state index contributed by atoms with van der Waals surface area (Å²) in [7, 11) is 0. The summed E-state index contributed by atoms with van der Waals surface area (Å²) in [6, 6.07) is 19.7. The summed E-state index contributed by atoms with van der Waals surface area (Å²) in [5, 5.41) is 10.0. The van der Waals surface area contributed by atoms with Crippen molar-refractivity contribution in [3.63, 3.8) is 0 Å². The number of para-hydroxylation sites is 1. The molecule has 2 heterocycles. The third-order valence-corrected chi connectivity index (χ3v) is 6.23. The highest BCUT2D eigenvalue weighted by atomic mass is 32.1. The second kappa shape index (κ2) is 9.71. The number of thiophene rings is 1. The van der Waals surface area contributed by atoms with Crippen LogP contribution >= 0.6 is 11.3 Å². The van der Waals surface area contributed by atoms with E-state index in [0.717, 1.165) is 28.8 Å². The molecule has 0 radical (unpaired) electrons. The average molecular weight is 432 g/mol. The Bertz CT molecular complexity index is 1210. The van der Waals surface area contributed by atoms with Gasteiger partial charge in [0.25, 0.3) is 0 Å². The zero-order chi connectivity index (χ0) is 21.6. The van der Waals surface area contributed by atoms with E-state index in [9.17, 15) is 9.59 Å². The molecule has 0 unspecified atom stereocenters. The maximum absolute atomic E-state index is 12.9. The molecule has 4 aromatic rings. The molecule has 0 fully saturated rings. The molecule has 0 saturated carbocycles. The Kier molecular flexibility index (Phi) is 6.57. The second-order valence-electron chi connectivity index (χ2n) is 7.51. The fourth-order valence-corrected chi connectivity index (χ4v) is 4.52. The van der Waals surface area contributed by atoms with Crippen molar-refractivity contribution in [1.29, 1.82) is 0 Å². The summed E-state index contributed by atoms with van der Waals surface area (Å²) in [6.07, 6.45) is 3.75. The van der Waals surface area contributed by atoms with E-state index in [1.165, 1.54) is 11.8 Å². The summed E-state index contributed by atoms with van der Waals surface area (Å²) in [5.74, 6) is -0.0550. The molecule has 0 aliphatic rings. The second-order valence-corrected chi connectivity index (χ2v) is 8.49. The minimum Gasteiger partial charge on any atom is -0.344 e. The normalized spacial score (nSPS) is 12.0.